The number of hydrogen-bond donors (Lipinski definition) is 4. The summed E-state index contributed by atoms with van der Waals surface area (Å²) in [6, 6.07) is 6.28. The number of H-pyrrole nitrogens is 1. The van der Waals surface area contributed by atoms with E-state index in [2.05, 4.69) is 15.6 Å². The van der Waals surface area contributed by atoms with Gasteiger partial charge in [-0.05, 0) is 55.6 Å². The minimum atomic E-state index is -0.832. The first kappa shape index (κ1) is 20.3. The van der Waals surface area contributed by atoms with E-state index in [-0.39, 0.29) is 23.8 Å². The number of halogens is 1. The third-order valence-electron chi connectivity index (χ3n) is 3.93. The molecule has 0 radical (unpaired) electrons. The van der Waals surface area contributed by atoms with Crippen molar-refractivity contribution in [2.75, 3.05) is 11.9 Å². The maximum atomic E-state index is 13.0. The lowest BCUT2D eigenvalue weighted by Crippen LogP contribution is -2.45. The van der Waals surface area contributed by atoms with Crippen molar-refractivity contribution in [1.29, 1.82) is 0 Å². The molecule has 0 fully saturated rings. The largest absolute Gasteiger partial charge is 0.344 e. The van der Waals surface area contributed by atoms with Gasteiger partial charge in [0.05, 0.1) is 6.42 Å². The number of aromatic amines is 1. The zero-order valence-electron chi connectivity index (χ0n) is 15.0. The molecule has 0 saturated carbocycles. The summed E-state index contributed by atoms with van der Waals surface area (Å²) in [6.07, 6.45) is 2.41. The number of aromatic nitrogens is 1. The van der Waals surface area contributed by atoms with E-state index < -0.39 is 17.5 Å². The molecule has 0 spiro atoms. The monoisotopic (exact) mass is 374 g/mol. The summed E-state index contributed by atoms with van der Waals surface area (Å²) in [5.41, 5.74) is 6.60. The van der Waals surface area contributed by atoms with Crippen LogP contribution in [0.3, 0.4) is 0 Å². The number of nitrogens with one attached hydrogen (secondary N) is 3. The number of carbonyl (C=O) groups is 2. The Bertz CT molecular complexity index is 849. The van der Waals surface area contributed by atoms with Crippen LogP contribution in [-0.4, -0.2) is 29.4 Å². The zero-order chi connectivity index (χ0) is 19.8. The molecule has 0 saturated heterocycles. The van der Waals surface area contributed by atoms with Crippen molar-refractivity contribution < 1.29 is 14.0 Å². The molecular weight excluding hydrogens is 351 g/mol. The van der Waals surface area contributed by atoms with Gasteiger partial charge in [0, 0.05) is 6.20 Å². The van der Waals surface area contributed by atoms with Crippen LogP contribution >= 0.6 is 0 Å². The number of pyridine rings is 1. The molecule has 8 heteroatoms. The van der Waals surface area contributed by atoms with E-state index in [0.29, 0.717) is 24.9 Å². The quantitative estimate of drug-likeness (QED) is 0.556. The Balaban J connectivity index is 2.05. The van der Waals surface area contributed by atoms with Crippen molar-refractivity contribution in [3.8, 4) is 0 Å². The van der Waals surface area contributed by atoms with Gasteiger partial charge in [-0.2, -0.15) is 0 Å². The first-order valence-corrected chi connectivity index (χ1v) is 8.63. The Morgan fingerprint density at radius 2 is 1.96 bits per heavy atom. The van der Waals surface area contributed by atoms with Crippen LogP contribution in [0.25, 0.3) is 0 Å². The first-order chi connectivity index (χ1) is 12.9. The molecule has 7 nitrogen and oxygen atoms in total. The molecule has 2 amide bonds. The minimum absolute atomic E-state index is 0.0116. The number of amides is 2. The van der Waals surface area contributed by atoms with Gasteiger partial charge in [-0.3, -0.25) is 14.4 Å². The van der Waals surface area contributed by atoms with E-state index in [9.17, 15) is 18.8 Å². The maximum absolute atomic E-state index is 13.0. The summed E-state index contributed by atoms with van der Waals surface area (Å²) >= 11 is 0. The Labute approximate surface area is 156 Å². The second-order valence-corrected chi connectivity index (χ2v) is 6.26. The number of nitrogens with two attached hydrogens (primary N) is 1. The number of hydrogen-bond acceptors (Lipinski definition) is 4. The molecule has 5 N–H and O–H groups in total. The number of carbonyl (C=O) groups excluding carboxylic acids is 2. The van der Waals surface area contributed by atoms with Crippen LogP contribution in [0.1, 0.15) is 24.0 Å². The van der Waals surface area contributed by atoms with Gasteiger partial charge in [0.25, 0.3) is 5.56 Å². The second-order valence-electron chi connectivity index (χ2n) is 6.26. The summed E-state index contributed by atoms with van der Waals surface area (Å²) in [5, 5.41) is 5.21. The third-order valence-corrected chi connectivity index (χ3v) is 3.93. The highest BCUT2D eigenvalue weighted by atomic mass is 19.1. The van der Waals surface area contributed by atoms with E-state index in [4.69, 9.17) is 5.73 Å². The summed E-state index contributed by atoms with van der Waals surface area (Å²) in [6.45, 7) is 2.14. The molecule has 0 unspecified atom stereocenters. The topological polar surface area (TPSA) is 117 Å². The van der Waals surface area contributed by atoms with E-state index in [1.54, 1.807) is 13.0 Å². The number of rotatable bonds is 8. The summed E-state index contributed by atoms with van der Waals surface area (Å²) < 4.78 is 13.0. The van der Waals surface area contributed by atoms with Gasteiger partial charge in [-0.25, -0.2) is 4.39 Å². The van der Waals surface area contributed by atoms with Gasteiger partial charge in [0.2, 0.25) is 11.8 Å². The lowest BCUT2D eigenvalue weighted by Gasteiger charge is -2.18. The van der Waals surface area contributed by atoms with Gasteiger partial charge in [0.1, 0.15) is 17.5 Å². The lowest BCUT2D eigenvalue weighted by molar-refractivity contribution is -0.126. The SMILES string of the molecule is Cc1c[nH]c(=O)c(NC(=O)[C@@H](CCCN)NC(=O)Cc2ccc(F)cc2)c1. The fraction of sp³-hybridized carbons (Fsp3) is 0.316. The predicted molar refractivity (Wildman–Crippen MR) is 101 cm³/mol. The highest BCUT2D eigenvalue weighted by molar-refractivity contribution is 5.97. The van der Waals surface area contributed by atoms with Crippen molar-refractivity contribution in [2.45, 2.75) is 32.2 Å². The third kappa shape index (κ3) is 6.34. The molecule has 1 atom stereocenters. The van der Waals surface area contributed by atoms with Crippen LogP contribution in [0.15, 0.2) is 41.3 Å². The number of anilines is 1. The Morgan fingerprint density at radius 1 is 1.26 bits per heavy atom. The fourth-order valence-corrected chi connectivity index (χ4v) is 2.53. The van der Waals surface area contributed by atoms with Crippen molar-refractivity contribution >= 4 is 17.5 Å². The van der Waals surface area contributed by atoms with E-state index in [0.717, 1.165) is 5.56 Å². The molecular formula is C19H23FN4O3. The van der Waals surface area contributed by atoms with Crippen molar-refractivity contribution in [3.63, 3.8) is 0 Å². The predicted octanol–water partition coefficient (Wildman–Crippen LogP) is 1.23. The molecule has 2 aromatic rings. The lowest BCUT2D eigenvalue weighted by atomic mass is 10.1. The molecule has 1 aromatic carbocycles. The van der Waals surface area contributed by atoms with Crippen LogP contribution in [0.4, 0.5) is 10.1 Å². The molecule has 1 aromatic heterocycles. The summed E-state index contributed by atoms with van der Waals surface area (Å²) in [7, 11) is 0. The minimum Gasteiger partial charge on any atom is -0.344 e. The molecule has 2 rings (SSSR count). The Hall–Kier alpha value is -3.00. The van der Waals surface area contributed by atoms with Crippen molar-refractivity contribution in [3.05, 3.63) is 63.8 Å². The van der Waals surface area contributed by atoms with E-state index in [1.165, 1.54) is 30.5 Å². The molecule has 0 aliphatic heterocycles. The molecule has 0 aliphatic rings. The van der Waals surface area contributed by atoms with Crippen LogP contribution in [0.5, 0.6) is 0 Å². The Morgan fingerprint density at radius 3 is 2.63 bits per heavy atom. The standard InChI is InChI=1S/C19H23FN4O3/c1-12-9-16(18(26)22-11-12)24-19(27)15(3-2-8-21)23-17(25)10-13-4-6-14(20)7-5-13/h4-7,9,11,15H,2-3,8,10,21H2,1H3,(H,22,26)(H,23,25)(H,24,27)/t15-/m1/s1. The smallest absolute Gasteiger partial charge is 0.271 e. The van der Waals surface area contributed by atoms with Gasteiger partial charge in [-0.1, -0.05) is 12.1 Å². The molecule has 27 heavy (non-hydrogen) atoms. The first-order valence-electron chi connectivity index (χ1n) is 8.63. The van der Waals surface area contributed by atoms with E-state index in [1.807, 2.05) is 0 Å². The van der Waals surface area contributed by atoms with Crippen LogP contribution < -0.4 is 21.9 Å². The van der Waals surface area contributed by atoms with Crippen molar-refractivity contribution in [2.24, 2.45) is 5.73 Å². The highest BCUT2D eigenvalue weighted by Gasteiger charge is 2.21. The van der Waals surface area contributed by atoms with Gasteiger partial charge in [-0.15, -0.1) is 0 Å². The second kappa shape index (κ2) is 9.63. The summed E-state index contributed by atoms with van der Waals surface area (Å²) in [5.74, 6) is -1.26. The average molecular weight is 374 g/mol. The molecule has 0 bridgehead atoms. The Kier molecular flexibility index (Phi) is 7.25. The average Bonchev–Trinajstić information content (AvgIpc) is 2.63. The van der Waals surface area contributed by atoms with Crippen LogP contribution in [0, 0.1) is 12.7 Å². The number of aryl methyl sites for hydroxylation is 1. The van der Waals surface area contributed by atoms with Gasteiger partial charge in [0.15, 0.2) is 0 Å². The molecule has 1 heterocycles. The maximum Gasteiger partial charge on any atom is 0.271 e. The fourth-order valence-electron chi connectivity index (χ4n) is 2.53. The van der Waals surface area contributed by atoms with Crippen LogP contribution in [0.2, 0.25) is 0 Å². The normalized spacial score (nSPS) is 11.7. The molecule has 0 aliphatic carbocycles. The molecule has 144 valence electrons. The van der Waals surface area contributed by atoms with Crippen LogP contribution in [-0.2, 0) is 16.0 Å². The zero-order valence-corrected chi connectivity index (χ0v) is 15.0. The van der Waals surface area contributed by atoms with Gasteiger partial charge >= 0.3 is 0 Å². The number of benzene rings is 1. The highest BCUT2D eigenvalue weighted by Crippen LogP contribution is 2.07. The van der Waals surface area contributed by atoms with Gasteiger partial charge < -0.3 is 21.4 Å². The van der Waals surface area contributed by atoms with E-state index >= 15 is 0 Å². The summed E-state index contributed by atoms with van der Waals surface area (Å²) in [4.78, 5) is 39.2. The van der Waals surface area contributed by atoms with Crippen molar-refractivity contribution in [1.82, 2.24) is 10.3 Å².